The molecule has 2 aromatic rings. The molecule has 0 saturated heterocycles. The summed E-state index contributed by atoms with van der Waals surface area (Å²) in [6, 6.07) is 7.39. The highest BCUT2D eigenvalue weighted by Crippen LogP contribution is 2.35. The van der Waals surface area contributed by atoms with Crippen molar-refractivity contribution in [3.05, 3.63) is 50.7 Å². The van der Waals surface area contributed by atoms with Gasteiger partial charge in [-0.2, -0.15) is 11.3 Å². The van der Waals surface area contributed by atoms with Crippen molar-refractivity contribution in [2.24, 2.45) is 0 Å². The molecule has 0 unspecified atom stereocenters. The topological polar surface area (TPSA) is 58.4 Å². The van der Waals surface area contributed by atoms with Crippen LogP contribution in [0.25, 0.3) is 0 Å². The fourth-order valence-corrected chi connectivity index (χ4v) is 2.77. The minimum atomic E-state index is -0.322. The summed E-state index contributed by atoms with van der Waals surface area (Å²) in [5, 5.41) is 18.5. The second kappa shape index (κ2) is 6.38. The lowest BCUT2D eigenvalue weighted by molar-refractivity contribution is -0.383. The van der Waals surface area contributed by atoms with Crippen LogP contribution in [-0.4, -0.2) is 18.5 Å². The molecule has 0 amide bonds. The number of hydrogen-bond acceptors (Lipinski definition) is 5. The van der Waals surface area contributed by atoms with E-state index in [2.05, 4.69) is 10.7 Å². The Morgan fingerprint density at radius 2 is 2.20 bits per heavy atom. The second-order valence-corrected chi connectivity index (χ2v) is 5.23. The summed E-state index contributed by atoms with van der Waals surface area (Å²) >= 11 is 1.63. The molecule has 1 heterocycles. The highest BCUT2D eigenvalue weighted by molar-refractivity contribution is 7.07. The number of benzene rings is 1. The molecule has 0 aliphatic heterocycles. The number of nitro benzene ring substituents is 1. The number of nitrogens with zero attached hydrogens (tertiary/aromatic N) is 2. The summed E-state index contributed by atoms with van der Waals surface area (Å²) in [5.74, 6) is 0. The van der Waals surface area contributed by atoms with Crippen molar-refractivity contribution in [2.45, 2.75) is 13.5 Å². The van der Waals surface area contributed by atoms with Gasteiger partial charge in [0, 0.05) is 20.1 Å². The number of nitro groups is 1. The minimum absolute atomic E-state index is 0.132. The Bertz CT molecular complexity index is 584. The fraction of sp³-hybridized carbons (Fsp3) is 0.286. The van der Waals surface area contributed by atoms with E-state index in [1.165, 1.54) is 0 Å². The first-order chi connectivity index (χ1) is 9.63. The molecule has 0 spiro atoms. The average Bonchev–Trinajstić information content (AvgIpc) is 2.91. The monoisotopic (exact) mass is 291 g/mol. The molecule has 6 heteroatoms. The summed E-state index contributed by atoms with van der Waals surface area (Å²) < 4.78 is 0. The zero-order valence-electron chi connectivity index (χ0n) is 11.5. The highest BCUT2D eigenvalue weighted by atomic mass is 32.1. The van der Waals surface area contributed by atoms with Gasteiger partial charge >= 0.3 is 5.69 Å². The first-order valence-corrected chi connectivity index (χ1v) is 7.31. The molecule has 0 bridgehead atoms. The van der Waals surface area contributed by atoms with Crippen molar-refractivity contribution in [2.75, 3.05) is 23.8 Å². The Labute approximate surface area is 122 Å². The van der Waals surface area contributed by atoms with E-state index in [0.29, 0.717) is 24.5 Å². The van der Waals surface area contributed by atoms with E-state index in [1.807, 2.05) is 36.4 Å². The summed E-state index contributed by atoms with van der Waals surface area (Å²) in [4.78, 5) is 12.9. The molecule has 0 radical (unpaired) electrons. The number of hydrogen-bond donors (Lipinski definition) is 1. The number of rotatable bonds is 6. The van der Waals surface area contributed by atoms with Crippen LogP contribution in [0.4, 0.5) is 17.1 Å². The van der Waals surface area contributed by atoms with Gasteiger partial charge in [-0.3, -0.25) is 10.1 Å². The molecule has 0 saturated carbocycles. The molecular weight excluding hydrogens is 274 g/mol. The standard InChI is InChI=1S/C14H17N3O2S/c1-3-15-12-5-4-6-13(14(12)17(18)19)16(2)9-11-7-8-20-10-11/h4-8,10,15H,3,9H2,1-2H3. The van der Waals surface area contributed by atoms with E-state index in [0.717, 1.165) is 5.56 Å². The Morgan fingerprint density at radius 1 is 1.40 bits per heavy atom. The molecular formula is C14H17N3O2S. The van der Waals surface area contributed by atoms with Crippen LogP contribution in [0.1, 0.15) is 12.5 Å². The molecule has 0 aliphatic carbocycles. The van der Waals surface area contributed by atoms with E-state index < -0.39 is 0 Å². The average molecular weight is 291 g/mol. The molecule has 0 aliphatic rings. The minimum Gasteiger partial charge on any atom is -0.380 e. The van der Waals surface area contributed by atoms with Crippen LogP contribution in [-0.2, 0) is 6.54 Å². The number of para-hydroxylation sites is 1. The van der Waals surface area contributed by atoms with Gasteiger partial charge in [0.1, 0.15) is 11.4 Å². The first-order valence-electron chi connectivity index (χ1n) is 6.37. The zero-order chi connectivity index (χ0) is 14.5. The fourth-order valence-electron chi connectivity index (χ4n) is 2.11. The predicted octanol–water partition coefficient (Wildman–Crippen LogP) is 3.72. The summed E-state index contributed by atoms with van der Waals surface area (Å²) in [5.41, 5.74) is 2.47. The van der Waals surface area contributed by atoms with Crippen LogP contribution in [0.5, 0.6) is 0 Å². The van der Waals surface area contributed by atoms with Crippen molar-refractivity contribution >= 4 is 28.4 Å². The van der Waals surface area contributed by atoms with Crippen molar-refractivity contribution in [1.82, 2.24) is 0 Å². The Balaban J connectivity index is 2.34. The van der Waals surface area contributed by atoms with E-state index in [4.69, 9.17) is 0 Å². The van der Waals surface area contributed by atoms with Crippen molar-refractivity contribution in [3.63, 3.8) is 0 Å². The normalized spacial score (nSPS) is 10.3. The van der Waals surface area contributed by atoms with Crippen molar-refractivity contribution in [3.8, 4) is 0 Å². The Hall–Kier alpha value is -2.08. The first kappa shape index (κ1) is 14.3. The van der Waals surface area contributed by atoms with Crippen LogP contribution in [0, 0.1) is 10.1 Å². The summed E-state index contributed by atoms with van der Waals surface area (Å²) in [7, 11) is 1.87. The van der Waals surface area contributed by atoms with E-state index in [9.17, 15) is 10.1 Å². The smallest absolute Gasteiger partial charge is 0.315 e. The highest BCUT2D eigenvalue weighted by Gasteiger charge is 2.21. The van der Waals surface area contributed by atoms with Gasteiger partial charge in [-0.15, -0.1) is 0 Å². The van der Waals surface area contributed by atoms with Gasteiger partial charge in [-0.25, -0.2) is 0 Å². The third kappa shape index (κ3) is 3.08. The second-order valence-electron chi connectivity index (χ2n) is 4.45. The lowest BCUT2D eigenvalue weighted by atomic mass is 10.2. The lowest BCUT2D eigenvalue weighted by Crippen LogP contribution is -2.18. The molecule has 2 rings (SSSR count). The van der Waals surface area contributed by atoms with Gasteiger partial charge in [0.15, 0.2) is 0 Å². The van der Waals surface area contributed by atoms with Crippen LogP contribution >= 0.6 is 11.3 Å². The van der Waals surface area contributed by atoms with Crippen LogP contribution < -0.4 is 10.2 Å². The number of thiophene rings is 1. The van der Waals surface area contributed by atoms with E-state index in [1.54, 1.807) is 23.5 Å². The SMILES string of the molecule is CCNc1cccc(N(C)Cc2ccsc2)c1[N+](=O)[O-]. The van der Waals surface area contributed by atoms with Crippen LogP contribution in [0.2, 0.25) is 0 Å². The van der Waals surface area contributed by atoms with Gasteiger partial charge in [-0.1, -0.05) is 6.07 Å². The van der Waals surface area contributed by atoms with Gasteiger partial charge < -0.3 is 10.2 Å². The molecule has 1 aromatic heterocycles. The van der Waals surface area contributed by atoms with Crippen LogP contribution in [0.15, 0.2) is 35.0 Å². The lowest BCUT2D eigenvalue weighted by Gasteiger charge is -2.20. The Kier molecular flexibility index (Phi) is 4.57. The zero-order valence-corrected chi connectivity index (χ0v) is 12.3. The van der Waals surface area contributed by atoms with Gasteiger partial charge in [0.05, 0.1) is 4.92 Å². The maximum Gasteiger partial charge on any atom is 0.315 e. The van der Waals surface area contributed by atoms with Gasteiger partial charge in [0.25, 0.3) is 0 Å². The Morgan fingerprint density at radius 3 is 2.80 bits per heavy atom. The largest absolute Gasteiger partial charge is 0.380 e. The van der Waals surface area contributed by atoms with Crippen molar-refractivity contribution < 1.29 is 4.92 Å². The van der Waals surface area contributed by atoms with E-state index in [-0.39, 0.29) is 10.6 Å². The maximum atomic E-state index is 11.4. The molecule has 0 atom stereocenters. The van der Waals surface area contributed by atoms with E-state index >= 15 is 0 Å². The van der Waals surface area contributed by atoms with Crippen LogP contribution in [0.3, 0.4) is 0 Å². The molecule has 106 valence electrons. The molecule has 5 nitrogen and oxygen atoms in total. The number of anilines is 2. The quantitative estimate of drug-likeness (QED) is 0.651. The van der Waals surface area contributed by atoms with Crippen molar-refractivity contribution in [1.29, 1.82) is 0 Å². The molecule has 20 heavy (non-hydrogen) atoms. The third-order valence-corrected chi connectivity index (χ3v) is 3.71. The predicted molar refractivity (Wildman–Crippen MR) is 83.7 cm³/mol. The van der Waals surface area contributed by atoms with Gasteiger partial charge in [0.2, 0.25) is 0 Å². The summed E-state index contributed by atoms with van der Waals surface area (Å²) in [6.07, 6.45) is 0. The third-order valence-electron chi connectivity index (χ3n) is 2.98. The summed E-state index contributed by atoms with van der Waals surface area (Å²) in [6.45, 7) is 3.23. The molecule has 1 N–H and O–H groups in total. The molecule has 0 fully saturated rings. The molecule has 1 aromatic carbocycles. The number of nitrogens with one attached hydrogen (secondary N) is 1. The maximum absolute atomic E-state index is 11.4. The van der Waals surface area contributed by atoms with Gasteiger partial charge in [-0.05, 0) is 41.4 Å².